The molecule has 0 aliphatic heterocycles. The Morgan fingerprint density at radius 2 is 1.67 bits per heavy atom. The van der Waals surface area contributed by atoms with Gasteiger partial charge in [-0.15, -0.1) is 16.7 Å². The van der Waals surface area contributed by atoms with Crippen LogP contribution >= 0.6 is 23.2 Å². The molecular weight excluding hydrogens is 451 g/mol. The molecule has 2 aromatic rings. The van der Waals surface area contributed by atoms with E-state index in [0.29, 0.717) is 24.5 Å². The Labute approximate surface area is 186 Å². The van der Waals surface area contributed by atoms with E-state index in [0.717, 1.165) is 11.3 Å². The van der Waals surface area contributed by atoms with Crippen molar-refractivity contribution >= 4 is 50.3 Å². The number of aliphatic hydroxyl groups is 2. The second kappa shape index (κ2) is 11.6. The van der Waals surface area contributed by atoms with E-state index < -0.39 is 10.0 Å². The van der Waals surface area contributed by atoms with E-state index in [2.05, 4.69) is 15.0 Å². The van der Waals surface area contributed by atoms with Crippen LogP contribution in [0.4, 0.5) is 17.1 Å². The van der Waals surface area contributed by atoms with Crippen molar-refractivity contribution in [3.05, 3.63) is 47.0 Å². The maximum absolute atomic E-state index is 12.1. The van der Waals surface area contributed by atoms with E-state index in [9.17, 15) is 18.6 Å². The number of azo groups is 1. The van der Waals surface area contributed by atoms with E-state index in [4.69, 9.17) is 23.2 Å². The zero-order valence-electron chi connectivity index (χ0n) is 16.4. The number of hydrogen-bond acceptors (Lipinski definition) is 7. The lowest BCUT2D eigenvalue weighted by Gasteiger charge is -2.23. The maximum atomic E-state index is 12.1. The van der Waals surface area contributed by atoms with Crippen molar-refractivity contribution in [2.45, 2.75) is 11.8 Å². The van der Waals surface area contributed by atoms with E-state index in [1.807, 2.05) is 24.0 Å². The first-order chi connectivity index (χ1) is 14.3. The molecule has 164 valence electrons. The Balaban J connectivity index is 2.21. The zero-order valence-corrected chi connectivity index (χ0v) is 18.8. The van der Waals surface area contributed by atoms with E-state index in [1.54, 1.807) is 6.07 Å². The van der Waals surface area contributed by atoms with Crippen LogP contribution in [-0.4, -0.2) is 57.4 Å². The monoisotopic (exact) mass is 474 g/mol. The van der Waals surface area contributed by atoms with Crippen molar-refractivity contribution in [3.63, 3.8) is 0 Å². The highest BCUT2D eigenvalue weighted by atomic mass is 35.5. The predicted octanol–water partition coefficient (Wildman–Crippen LogP) is 3.37. The Morgan fingerprint density at radius 3 is 2.23 bits per heavy atom. The largest absolute Gasteiger partial charge is 0.395 e. The summed E-state index contributed by atoms with van der Waals surface area (Å²) in [4.78, 5) is 1.88. The molecule has 0 amide bonds. The van der Waals surface area contributed by atoms with Crippen LogP contribution in [0.15, 0.2) is 51.5 Å². The van der Waals surface area contributed by atoms with Crippen LogP contribution in [0.1, 0.15) is 5.56 Å². The van der Waals surface area contributed by atoms with Gasteiger partial charge in [0, 0.05) is 31.2 Å². The third-order valence-corrected chi connectivity index (χ3v) is 6.12. The SMILES string of the molecule is Cc1cc(N(CCO)CCO)ccc1N=Nc1ccc(S(=O)(=O)NCCCl)cc1Cl. The molecule has 2 rings (SSSR count). The first kappa shape index (κ1) is 24.5. The average Bonchev–Trinajstić information content (AvgIpc) is 2.72. The van der Waals surface area contributed by atoms with Crippen molar-refractivity contribution < 1.29 is 18.6 Å². The molecule has 30 heavy (non-hydrogen) atoms. The van der Waals surface area contributed by atoms with Gasteiger partial charge in [-0.25, -0.2) is 13.1 Å². The standard InChI is InChI=1S/C19H24Cl2N4O4S/c1-14-12-15(25(8-10-26)9-11-27)2-4-18(14)23-24-19-5-3-16(13-17(19)21)30(28,29)22-7-6-20/h2-5,12-13,22,26-27H,6-11H2,1H3. The third kappa shape index (κ3) is 6.63. The molecule has 0 radical (unpaired) electrons. The molecule has 0 aromatic heterocycles. The number of rotatable bonds is 11. The van der Waals surface area contributed by atoms with Gasteiger partial charge < -0.3 is 15.1 Å². The minimum atomic E-state index is -3.69. The van der Waals surface area contributed by atoms with Gasteiger partial charge in [-0.05, 0) is 48.9 Å². The van der Waals surface area contributed by atoms with Crippen LogP contribution < -0.4 is 9.62 Å². The van der Waals surface area contributed by atoms with Crippen molar-refractivity contribution in [3.8, 4) is 0 Å². The molecule has 0 fully saturated rings. The molecule has 0 aliphatic carbocycles. The number of aryl methyl sites for hydroxylation is 1. The van der Waals surface area contributed by atoms with Gasteiger partial charge in [-0.2, -0.15) is 5.11 Å². The third-order valence-electron chi connectivity index (χ3n) is 4.17. The minimum Gasteiger partial charge on any atom is -0.395 e. The fourth-order valence-electron chi connectivity index (χ4n) is 2.66. The summed E-state index contributed by atoms with van der Waals surface area (Å²) in [6.07, 6.45) is 0. The number of halogens is 2. The summed E-state index contributed by atoms with van der Waals surface area (Å²) >= 11 is 11.7. The summed E-state index contributed by atoms with van der Waals surface area (Å²) < 4.78 is 26.6. The Hall–Kier alpha value is -1.75. The molecule has 3 N–H and O–H groups in total. The lowest BCUT2D eigenvalue weighted by atomic mass is 10.1. The van der Waals surface area contributed by atoms with Gasteiger partial charge in [-0.1, -0.05) is 11.6 Å². The van der Waals surface area contributed by atoms with Crippen molar-refractivity contribution in [2.24, 2.45) is 10.2 Å². The first-order valence-electron chi connectivity index (χ1n) is 9.16. The Morgan fingerprint density at radius 1 is 1.03 bits per heavy atom. The Kier molecular flexibility index (Phi) is 9.47. The molecule has 0 unspecified atom stereocenters. The number of aliphatic hydroxyl groups excluding tert-OH is 2. The summed E-state index contributed by atoms with van der Waals surface area (Å²) in [7, 11) is -3.69. The normalized spacial score (nSPS) is 11.9. The molecule has 2 aromatic carbocycles. The topological polar surface area (TPSA) is 115 Å². The summed E-state index contributed by atoms with van der Waals surface area (Å²) in [6, 6.07) is 9.68. The van der Waals surface area contributed by atoms with Gasteiger partial charge >= 0.3 is 0 Å². The van der Waals surface area contributed by atoms with Crippen LogP contribution in [0.25, 0.3) is 0 Å². The zero-order chi connectivity index (χ0) is 22.1. The van der Waals surface area contributed by atoms with E-state index in [-0.39, 0.29) is 35.6 Å². The van der Waals surface area contributed by atoms with Crippen molar-refractivity contribution in [2.75, 3.05) is 43.6 Å². The van der Waals surface area contributed by atoms with Crippen LogP contribution in [0, 0.1) is 6.92 Å². The number of sulfonamides is 1. The van der Waals surface area contributed by atoms with Crippen LogP contribution in [0.2, 0.25) is 5.02 Å². The summed E-state index contributed by atoms with van der Waals surface area (Å²) in [5.41, 5.74) is 2.64. The molecule has 11 heteroatoms. The first-order valence-corrected chi connectivity index (χ1v) is 11.6. The summed E-state index contributed by atoms with van der Waals surface area (Å²) in [6.45, 7) is 2.76. The van der Waals surface area contributed by atoms with Crippen LogP contribution in [0.3, 0.4) is 0 Å². The lowest BCUT2D eigenvalue weighted by Crippen LogP contribution is -2.29. The highest BCUT2D eigenvalue weighted by Crippen LogP contribution is 2.31. The fraction of sp³-hybridized carbons (Fsp3) is 0.368. The molecular formula is C19H24Cl2N4O4S. The van der Waals surface area contributed by atoms with Gasteiger partial charge in [0.15, 0.2) is 0 Å². The predicted molar refractivity (Wildman–Crippen MR) is 119 cm³/mol. The maximum Gasteiger partial charge on any atom is 0.240 e. The Bertz CT molecular complexity index is 980. The highest BCUT2D eigenvalue weighted by molar-refractivity contribution is 7.89. The molecule has 0 aliphatic rings. The van der Waals surface area contributed by atoms with Gasteiger partial charge in [0.1, 0.15) is 5.69 Å². The quantitative estimate of drug-likeness (QED) is 0.341. The molecule has 0 atom stereocenters. The fourth-order valence-corrected chi connectivity index (χ4v) is 4.21. The number of alkyl halides is 1. The average molecular weight is 475 g/mol. The lowest BCUT2D eigenvalue weighted by molar-refractivity contribution is 0.281. The second-order valence-corrected chi connectivity index (χ2v) is 8.86. The van der Waals surface area contributed by atoms with Crippen LogP contribution in [-0.2, 0) is 10.0 Å². The molecule has 0 bridgehead atoms. The molecule has 0 heterocycles. The number of benzene rings is 2. The summed E-state index contributed by atoms with van der Waals surface area (Å²) in [5.74, 6) is 0.162. The molecule has 0 saturated heterocycles. The minimum absolute atomic E-state index is 0.0185. The van der Waals surface area contributed by atoms with Crippen LogP contribution in [0.5, 0.6) is 0 Å². The van der Waals surface area contributed by atoms with Gasteiger partial charge in [-0.3, -0.25) is 0 Å². The molecule has 0 saturated carbocycles. The van der Waals surface area contributed by atoms with Crippen molar-refractivity contribution in [1.29, 1.82) is 0 Å². The van der Waals surface area contributed by atoms with E-state index in [1.165, 1.54) is 18.2 Å². The number of anilines is 1. The van der Waals surface area contributed by atoms with Gasteiger partial charge in [0.05, 0.1) is 28.8 Å². The second-order valence-electron chi connectivity index (χ2n) is 6.31. The van der Waals surface area contributed by atoms with E-state index >= 15 is 0 Å². The summed E-state index contributed by atoms with van der Waals surface area (Å²) in [5, 5.41) is 26.9. The number of hydrogen-bond donors (Lipinski definition) is 3. The molecule has 8 nitrogen and oxygen atoms in total. The number of nitrogens with one attached hydrogen (secondary N) is 1. The molecule has 0 spiro atoms. The van der Waals surface area contributed by atoms with Gasteiger partial charge in [0.25, 0.3) is 0 Å². The van der Waals surface area contributed by atoms with Gasteiger partial charge in [0.2, 0.25) is 10.0 Å². The number of nitrogens with zero attached hydrogens (tertiary/aromatic N) is 3. The smallest absolute Gasteiger partial charge is 0.240 e. The highest BCUT2D eigenvalue weighted by Gasteiger charge is 2.15. The van der Waals surface area contributed by atoms with Crippen molar-refractivity contribution in [1.82, 2.24) is 4.72 Å².